The fourth-order valence-corrected chi connectivity index (χ4v) is 1.12. The maximum absolute atomic E-state index is 8.98. The van der Waals surface area contributed by atoms with E-state index in [1.165, 1.54) is 12.8 Å². The molecule has 0 radical (unpaired) electrons. The van der Waals surface area contributed by atoms with Gasteiger partial charge in [0, 0.05) is 13.1 Å². The first-order chi connectivity index (χ1) is 3.80. The van der Waals surface area contributed by atoms with Gasteiger partial charge in [0.2, 0.25) is 0 Å². The van der Waals surface area contributed by atoms with Crippen molar-refractivity contribution in [2.45, 2.75) is 26.0 Å². The Morgan fingerprint density at radius 3 is 2.12 bits per heavy atom. The molecule has 0 aromatic rings. The van der Waals surface area contributed by atoms with Crippen molar-refractivity contribution in [3.05, 3.63) is 0 Å². The Hall–Kier alpha value is -0.0800. The van der Waals surface area contributed by atoms with Crippen molar-refractivity contribution in [1.29, 1.82) is 0 Å². The van der Waals surface area contributed by atoms with Crippen molar-refractivity contribution in [3.63, 3.8) is 0 Å². The van der Waals surface area contributed by atoms with E-state index in [9.17, 15) is 0 Å². The van der Waals surface area contributed by atoms with Crippen LogP contribution >= 0.6 is 0 Å². The summed E-state index contributed by atoms with van der Waals surface area (Å²) in [5.74, 6) is 0. The number of hydrogen-bond donors (Lipinski definition) is 1. The van der Waals surface area contributed by atoms with E-state index in [0.717, 1.165) is 13.1 Å². The molecule has 1 heterocycles. The second kappa shape index (κ2) is 2.46. The zero-order chi connectivity index (χ0) is 5.98. The lowest BCUT2D eigenvalue weighted by atomic mass is 10.4. The van der Waals surface area contributed by atoms with Gasteiger partial charge < -0.3 is 5.11 Å². The van der Waals surface area contributed by atoms with Gasteiger partial charge in [-0.3, -0.25) is 4.90 Å². The van der Waals surface area contributed by atoms with Crippen LogP contribution in [0, 0.1) is 0 Å². The Balaban J connectivity index is 2.24. The van der Waals surface area contributed by atoms with Crippen LogP contribution in [0.4, 0.5) is 0 Å². The zero-order valence-corrected chi connectivity index (χ0v) is 5.30. The maximum atomic E-state index is 8.98. The quantitative estimate of drug-likeness (QED) is 0.535. The van der Waals surface area contributed by atoms with Gasteiger partial charge in [-0.2, -0.15) is 0 Å². The lowest BCUT2D eigenvalue weighted by molar-refractivity contribution is 0.0369. The van der Waals surface area contributed by atoms with Crippen LogP contribution in [0.25, 0.3) is 0 Å². The number of hydrogen-bond acceptors (Lipinski definition) is 2. The average molecular weight is 115 g/mol. The van der Waals surface area contributed by atoms with E-state index in [4.69, 9.17) is 5.11 Å². The van der Waals surface area contributed by atoms with Crippen molar-refractivity contribution in [2.24, 2.45) is 0 Å². The van der Waals surface area contributed by atoms with Crippen LogP contribution in [0.1, 0.15) is 19.8 Å². The molecule has 2 nitrogen and oxygen atoms in total. The second-order valence-electron chi connectivity index (χ2n) is 2.37. The van der Waals surface area contributed by atoms with E-state index in [2.05, 4.69) is 4.90 Å². The molecule has 1 atom stereocenters. The van der Waals surface area contributed by atoms with Crippen LogP contribution in [-0.2, 0) is 0 Å². The van der Waals surface area contributed by atoms with Gasteiger partial charge in [-0.15, -0.1) is 0 Å². The predicted octanol–water partition coefficient (Wildman–Crippen LogP) is 0.420. The first-order valence-electron chi connectivity index (χ1n) is 3.23. The van der Waals surface area contributed by atoms with Crippen molar-refractivity contribution >= 4 is 0 Å². The molecule has 1 saturated heterocycles. The van der Waals surface area contributed by atoms with Gasteiger partial charge in [0.15, 0.2) is 0 Å². The van der Waals surface area contributed by atoms with Crippen molar-refractivity contribution in [1.82, 2.24) is 4.90 Å². The van der Waals surface area contributed by atoms with Gasteiger partial charge in [-0.05, 0) is 19.8 Å². The highest BCUT2D eigenvalue weighted by Gasteiger charge is 2.14. The predicted molar refractivity (Wildman–Crippen MR) is 32.5 cm³/mol. The van der Waals surface area contributed by atoms with Crippen molar-refractivity contribution < 1.29 is 5.11 Å². The molecule has 0 saturated carbocycles. The Morgan fingerprint density at radius 1 is 1.38 bits per heavy atom. The van der Waals surface area contributed by atoms with Crippen LogP contribution in [-0.4, -0.2) is 29.3 Å². The lowest BCUT2D eigenvalue weighted by Crippen LogP contribution is -2.29. The number of likely N-dealkylation sites (tertiary alicyclic amines) is 1. The van der Waals surface area contributed by atoms with E-state index in [0.29, 0.717) is 0 Å². The summed E-state index contributed by atoms with van der Waals surface area (Å²) in [6.07, 6.45) is 2.29. The largest absolute Gasteiger partial charge is 0.379 e. The summed E-state index contributed by atoms with van der Waals surface area (Å²) in [6, 6.07) is 0. The van der Waals surface area contributed by atoms with Gasteiger partial charge in [-0.25, -0.2) is 0 Å². The van der Waals surface area contributed by atoms with E-state index >= 15 is 0 Å². The summed E-state index contributed by atoms with van der Waals surface area (Å²) in [6.45, 7) is 3.99. The van der Waals surface area contributed by atoms with Gasteiger partial charge in [-0.1, -0.05) is 0 Å². The van der Waals surface area contributed by atoms with Crippen molar-refractivity contribution in [3.8, 4) is 0 Å². The summed E-state index contributed by atoms with van der Waals surface area (Å²) in [5, 5.41) is 8.98. The third-order valence-electron chi connectivity index (χ3n) is 1.67. The summed E-state index contributed by atoms with van der Waals surface area (Å²) in [4.78, 5) is 2.08. The van der Waals surface area contributed by atoms with Gasteiger partial charge in [0.05, 0.1) is 0 Å². The van der Waals surface area contributed by atoms with Crippen LogP contribution in [0.3, 0.4) is 0 Å². The number of aliphatic hydroxyl groups is 1. The van der Waals surface area contributed by atoms with E-state index in [1.54, 1.807) is 0 Å². The smallest absolute Gasteiger partial charge is 0.104 e. The number of rotatable bonds is 1. The van der Waals surface area contributed by atoms with Crippen molar-refractivity contribution in [2.75, 3.05) is 13.1 Å². The Kier molecular flexibility index (Phi) is 1.86. The molecule has 1 aliphatic rings. The molecular formula is C6H13NO. The standard InChI is InChI=1S/C6H13NO/c1-6(8)7-4-2-3-5-7/h6,8H,2-5H2,1H3/t6-/m1/s1. The van der Waals surface area contributed by atoms with E-state index < -0.39 is 0 Å². The molecule has 0 aliphatic carbocycles. The van der Waals surface area contributed by atoms with Gasteiger partial charge in [0.1, 0.15) is 6.23 Å². The van der Waals surface area contributed by atoms with Gasteiger partial charge in [0.25, 0.3) is 0 Å². The molecule has 0 bridgehead atoms. The second-order valence-corrected chi connectivity index (χ2v) is 2.37. The summed E-state index contributed by atoms with van der Waals surface area (Å²) in [5.41, 5.74) is 0. The fraction of sp³-hybridized carbons (Fsp3) is 1.00. The molecule has 0 aromatic heterocycles. The van der Waals surface area contributed by atoms with E-state index in [-0.39, 0.29) is 6.23 Å². The third kappa shape index (κ3) is 1.20. The van der Waals surface area contributed by atoms with Crippen LogP contribution < -0.4 is 0 Å². The first kappa shape index (κ1) is 6.05. The fourth-order valence-electron chi connectivity index (χ4n) is 1.12. The molecule has 2 heteroatoms. The molecule has 0 amide bonds. The monoisotopic (exact) mass is 115 g/mol. The SMILES string of the molecule is C[C@@H](O)N1CCCC1. The highest BCUT2D eigenvalue weighted by Crippen LogP contribution is 2.08. The minimum atomic E-state index is -0.225. The topological polar surface area (TPSA) is 23.5 Å². The minimum Gasteiger partial charge on any atom is -0.379 e. The van der Waals surface area contributed by atoms with Crippen LogP contribution in [0.2, 0.25) is 0 Å². The average Bonchev–Trinajstić information content (AvgIpc) is 2.12. The summed E-state index contributed by atoms with van der Waals surface area (Å²) in [7, 11) is 0. The van der Waals surface area contributed by atoms with Crippen LogP contribution in [0.15, 0.2) is 0 Å². The maximum Gasteiger partial charge on any atom is 0.104 e. The van der Waals surface area contributed by atoms with Crippen LogP contribution in [0.5, 0.6) is 0 Å². The Morgan fingerprint density at radius 2 is 1.88 bits per heavy atom. The molecule has 0 unspecified atom stereocenters. The Labute approximate surface area is 50.1 Å². The summed E-state index contributed by atoms with van der Waals surface area (Å²) >= 11 is 0. The zero-order valence-electron chi connectivity index (χ0n) is 5.30. The molecule has 1 fully saturated rings. The molecule has 0 spiro atoms. The molecule has 48 valence electrons. The van der Waals surface area contributed by atoms with E-state index in [1.807, 2.05) is 6.92 Å². The molecule has 1 aliphatic heterocycles. The lowest BCUT2D eigenvalue weighted by Gasteiger charge is -2.16. The summed E-state index contributed by atoms with van der Waals surface area (Å²) < 4.78 is 0. The molecule has 1 N–H and O–H groups in total. The molecule has 8 heavy (non-hydrogen) atoms. The minimum absolute atomic E-state index is 0.225. The molecule has 1 rings (SSSR count). The number of nitrogens with zero attached hydrogens (tertiary/aromatic N) is 1. The molecule has 0 aromatic carbocycles. The molecular weight excluding hydrogens is 102 g/mol. The number of aliphatic hydroxyl groups excluding tert-OH is 1. The first-order valence-corrected chi connectivity index (χ1v) is 3.23. The third-order valence-corrected chi connectivity index (χ3v) is 1.67. The highest BCUT2D eigenvalue weighted by atomic mass is 16.3. The van der Waals surface area contributed by atoms with Gasteiger partial charge >= 0.3 is 0 Å². The highest BCUT2D eigenvalue weighted by molar-refractivity contribution is 4.65. The Bertz CT molecular complexity index is 66.9. The normalized spacial score (nSPS) is 26.2.